The minimum Gasteiger partial charge on any atom is -0.496 e. The van der Waals surface area contributed by atoms with Crippen LogP contribution < -0.4 is 14.2 Å². The Morgan fingerprint density at radius 1 is 1.05 bits per heavy atom. The molecule has 0 saturated heterocycles. The Labute approximate surface area is 134 Å². The molecule has 4 nitrogen and oxygen atoms in total. The average molecular weight is 359 g/mol. The summed E-state index contributed by atoms with van der Waals surface area (Å²) in [5.41, 5.74) is 0.980. The Morgan fingerprint density at radius 2 is 1.62 bits per heavy atom. The lowest BCUT2D eigenvalue weighted by Gasteiger charge is -2.42. The van der Waals surface area contributed by atoms with Crippen molar-refractivity contribution in [1.82, 2.24) is 0 Å². The molecule has 0 aromatic heterocycles. The smallest absolute Gasteiger partial charge is 0.130 e. The summed E-state index contributed by atoms with van der Waals surface area (Å²) >= 11 is 3.79. The topological polar surface area (TPSA) is 36.9 Å². The number of halogens is 1. The summed E-state index contributed by atoms with van der Waals surface area (Å²) in [6.07, 6.45) is 4.33. The van der Waals surface area contributed by atoms with E-state index in [1.165, 1.54) is 6.42 Å². The van der Waals surface area contributed by atoms with E-state index in [9.17, 15) is 0 Å². The molecule has 2 rings (SSSR count). The van der Waals surface area contributed by atoms with Crippen LogP contribution in [0.3, 0.4) is 0 Å². The van der Waals surface area contributed by atoms with Crippen LogP contribution in [0.2, 0.25) is 0 Å². The second-order valence-corrected chi connectivity index (χ2v) is 6.46. The summed E-state index contributed by atoms with van der Waals surface area (Å²) in [4.78, 5) is 0.105. The van der Waals surface area contributed by atoms with Gasteiger partial charge in [0.05, 0.1) is 32.5 Å². The standard InChI is InChI=1S/C16H23BrO4/c1-18-11-8-13(19-2)15(14(9-11)20-3)12(17)10-16(21-4)6-5-7-16/h8-9,12H,5-7,10H2,1-4H3. The van der Waals surface area contributed by atoms with E-state index in [1.54, 1.807) is 28.4 Å². The minimum atomic E-state index is -0.0237. The Morgan fingerprint density at radius 3 is 1.95 bits per heavy atom. The second-order valence-electron chi connectivity index (χ2n) is 5.36. The van der Waals surface area contributed by atoms with Crippen LogP contribution in [0.15, 0.2) is 12.1 Å². The van der Waals surface area contributed by atoms with E-state index < -0.39 is 0 Å². The molecule has 1 unspecified atom stereocenters. The van der Waals surface area contributed by atoms with E-state index in [0.717, 1.165) is 42.1 Å². The Bertz CT molecular complexity index is 455. The zero-order valence-electron chi connectivity index (χ0n) is 13.1. The fourth-order valence-electron chi connectivity index (χ4n) is 2.83. The van der Waals surface area contributed by atoms with Gasteiger partial charge in [0.1, 0.15) is 17.2 Å². The predicted molar refractivity (Wildman–Crippen MR) is 86.0 cm³/mol. The normalized spacial score (nSPS) is 17.8. The summed E-state index contributed by atoms with van der Waals surface area (Å²) in [6, 6.07) is 3.76. The van der Waals surface area contributed by atoms with Crippen molar-refractivity contribution in [3.63, 3.8) is 0 Å². The Hall–Kier alpha value is -0.940. The molecule has 1 atom stereocenters. The van der Waals surface area contributed by atoms with Gasteiger partial charge >= 0.3 is 0 Å². The van der Waals surface area contributed by atoms with Crippen molar-refractivity contribution in [2.24, 2.45) is 0 Å². The van der Waals surface area contributed by atoms with Crippen molar-refractivity contribution in [2.75, 3.05) is 28.4 Å². The molecular formula is C16H23BrO4. The van der Waals surface area contributed by atoms with Gasteiger partial charge in [-0.25, -0.2) is 0 Å². The molecule has 0 spiro atoms. The van der Waals surface area contributed by atoms with Crippen LogP contribution >= 0.6 is 15.9 Å². The molecule has 1 aliphatic carbocycles. The molecule has 0 N–H and O–H groups in total. The minimum absolute atomic E-state index is 0.0237. The molecule has 0 heterocycles. The molecule has 118 valence electrons. The molecule has 21 heavy (non-hydrogen) atoms. The van der Waals surface area contributed by atoms with Crippen LogP contribution in [0.25, 0.3) is 0 Å². The molecule has 1 aromatic rings. The number of benzene rings is 1. The number of hydrogen-bond acceptors (Lipinski definition) is 4. The van der Waals surface area contributed by atoms with E-state index in [1.807, 2.05) is 12.1 Å². The van der Waals surface area contributed by atoms with Crippen molar-refractivity contribution in [3.8, 4) is 17.2 Å². The molecule has 1 aromatic carbocycles. The molecule has 1 fully saturated rings. The van der Waals surface area contributed by atoms with Crippen molar-refractivity contribution in [2.45, 2.75) is 36.1 Å². The van der Waals surface area contributed by atoms with Crippen LogP contribution in [0, 0.1) is 0 Å². The zero-order valence-corrected chi connectivity index (χ0v) is 14.7. The van der Waals surface area contributed by atoms with Crippen LogP contribution in [0.5, 0.6) is 17.2 Å². The average Bonchev–Trinajstić information content (AvgIpc) is 2.48. The molecule has 1 aliphatic rings. The fraction of sp³-hybridized carbons (Fsp3) is 0.625. The maximum atomic E-state index is 5.72. The summed E-state index contributed by atoms with van der Waals surface area (Å²) in [5.74, 6) is 2.24. The third-order valence-corrected chi connectivity index (χ3v) is 5.10. The van der Waals surface area contributed by atoms with E-state index in [4.69, 9.17) is 18.9 Å². The zero-order chi connectivity index (χ0) is 15.5. The van der Waals surface area contributed by atoms with Crippen molar-refractivity contribution < 1.29 is 18.9 Å². The van der Waals surface area contributed by atoms with Gasteiger partial charge in [0.25, 0.3) is 0 Å². The van der Waals surface area contributed by atoms with Gasteiger partial charge in [-0.05, 0) is 25.7 Å². The van der Waals surface area contributed by atoms with Gasteiger partial charge in [0.2, 0.25) is 0 Å². The first-order valence-corrected chi connectivity index (χ1v) is 8.00. The molecule has 0 radical (unpaired) electrons. The van der Waals surface area contributed by atoms with E-state index >= 15 is 0 Å². The van der Waals surface area contributed by atoms with Crippen LogP contribution in [-0.4, -0.2) is 34.0 Å². The molecule has 0 aliphatic heterocycles. The van der Waals surface area contributed by atoms with Gasteiger partial charge in [-0.1, -0.05) is 15.9 Å². The van der Waals surface area contributed by atoms with Gasteiger partial charge in [-0.2, -0.15) is 0 Å². The van der Waals surface area contributed by atoms with E-state index in [2.05, 4.69) is 15.9 Å². The van der Waals surface area contributed by atoms with Gasteiger partial charge in [-0.3, -0.25) is 0 Å². The molecule has 0 amide bonds. The third-order valence-electron chi connectivity index (χ3n) is 4.32. The first-order valence-electron chi connectivity index (χ1n) is 7.08. The fourth-order valence-corrected chi connectivity index (χ4v) is 3.87. The largest absolute Gasteiger partial charge is 0.496 e. The molecule has 0 bridgehead atoms. The lowest BCUT2D eigenvalue weighted by atomic mass is 9.76. The van der Waals surface area contributed by atoms with E-state index in [0.29, 0.717) is 0 Å². The first kappa shape index (κ1) is 16.4. The van der Waals surface area contributed by atoms with Gasteiger partial charge in [0, 0.05) is 24.1 Å². The maximum absolute atomic E-state index is 5.72. The number of hydrogen-bond donors (Lipinski definition) is 0. The summed E-state index contributed by atoms with van der Waals surface area (Å²) in [6.45, 7) is 0. The number of rotatable bonds is 7. The van der Waals surface area contributed by atoms with Gasteiger partial charge in [-0.15, -0.1) is 0 Å². The number of alkyl halides is 1. The third kappa shape index (κ3) is 3.29. The quantitative estimate of drug-likeness (QED) is 0.687. The van der Waals surface area contributed by atoms with Crippen LogP contribution in [-0.2, 0) is 4.74 Å². The van der Waals surface area contributed by atoms with Crippen molar-refractivity contribution >= 4 is 15.9 Å². The Kier molecular flexibility index (Phi) is 5.38. The van der Waals surface area contributed by atoms with Gasteiger partial charge in [0.15, 0.2) is 0 Å². The van der Waals surface area contributed by atoms with Crippen molar-refractivity contribution in [3.05, 3.63) is 17.7 Å². The summed E-state index contributed by atoms with van der Waals surface area (Å²) in [5, 5.41) is 0. The van der Waals surface area contributed by atoms with Crippen molar-refractivity contribution in [1.29, 1.82) is 0 Å². The first-order chi connectivity index (χ1) is 10.1. The van der Waals surface area contributed by atoms with E-state index in [-0.39, 0.29) is 10.4 Å². The molecule has 1 saturated carbocycles. The highest BCUT2D eigenvalue weighted by atomic mass is 79.9. The SMILES string of the molecule is COc1cc(OC)c(C(Br)CC2(OC)CCC2)c(OC)c1. The Balaban J connectivity index is 2.32. The molecule has 5 heteroatoms. The summed E-state index contributed by atoms with van der Waals surface area (Å²) in [7, 11) is 6.74. The highest BCUT2D eigenvalue weighted by molar-refractivity contribution is 9.09. The van der Waals surface area contributed by atoms with Crippen LogP contribution in [0.1, 0.15) is 36.1 Å². The number of ether oxygens (including phenoxy) is 4. The highest BCUT2D eigenvalue weighted by Gasteiger charge is 2.40. The highest BCUT2D eigenvalue weighted by Crippen LogP contribution is 2.49. The lowest BCUT2D eigenvalue weighted by Crippen LogP contribution is -2.39. The second kappa shape index (κ2) is 6.88. The van der Waals surface area contributed by atoms with Crippen LogP contribution in [0.4, 0.5) is 0 Å². The number of methoxy groups -OCH3 is 4. The molecular weight excluding hydrogens is 336 g/mol. The van der Waals surface area contributed by atoms with Gasteiger partial charge < -0.3 is 18.9 Å². The summed E-state index contributed by atoms with van der Waals surface area (Å²) < 4.78 is 22.1. The maximum Gasteiger partial charge on any atom is 0.130 e. The lowest BCUT2D eigenvalue weighted by molar-refractivity contribution is -0.0774. The monoisotopic (exact) mass is 358 g/mol. The predicted octanol–water partition coefficient (Wildman–Crippen LogP) is 4.11.